The maximum absolute atomic E-state index is 12.6. The van der Waals surface area contributed by atoms with Crippen LogP contribution < -0.4 is 5.32 Å². The Morgan fingerprint density at radius 3 is 2.48 bits per heavy atom. The Morgan fingerprint density at radius 2 is 1.72 bits per heavy atom. The van der Waals surface area contributed by atoms with Crippen LogP contribution in [0.4, 0.5) is 5.82 Å². The number of ketones is 1. The second-order valence-electron chi connectivity index (χ2n) is 6.34. The van der Waals surface area contributed by atoms with Gasteiger partial charge >= 0.3 is 0 Å². The highest BCUT2D eigenvalue weighted by molar-refractivity contribution is 6.22. The molecule has 1 heterocycles. The fraction of sp³-hybridized carbons (Fsp3) is 0.150. The Labute approximate surface area is 145 Å². The van der Waals surface area contributed by atoms with Crippen LogP contribution in [0.2, 0.25) is 0 Å². The number of amides is 1. The third kappa shape index (κ3) is 2.45. The van der Waals surface area contributed by atoms with Crippen LogP contribution in [0.1, 0.15) is 46.2 Å². The number of hydrogen-bond donors (Lipinski definition) is 1. The number of carbonyl (C=O) groups is 2. The molecule has 1 N–H and O–H groups in total. The van der Waals surface area contributed by atoms with Crippen LogP contribution in [0, 0.1) is 0 Å². The normalized spacial score (nSPS) is 12.2. The minimum absolute atomic E-state index is 0.0347. The van der Waals surface area contributed by atoms with Gasteiger partial charge in [-0.2, -0.15) is 5.10 Å². The second-order valence-corrected chi connectivity index (χ2v) is 6.34. The van der Waals surface area contributed by atoms with E-state index in [4.69, 9.17) is 0 Å². The van der Waals surface area contributed by atoms with E-state index in [9.17, 15) is 9.59 Å². The molecule has 1 aliphatic rings. The lowest BCUT2D eigenvalue weighted by Crippen LogP contribution is -2.17. The number of aromatic nitrogens is 2. The Bertz CT molecular complexity index is 1000. The van der Waals surface area contributed by atoms with E-state index in [0.717, 1.165) is 11.1 Å². The van der Waals surface area contributed by atoms with E-state index in [-0.39, 0.29) is 17.7 Å². The van der Waals surface area contributed by atoms with Crippen molar-refractivity contribution in [3.05, 3.63) is 71.4 Å². The number of anilines is 1. The molecular weight excluding hydrogens is 314 g/mol. The molecule has 0 unspecified atom stereocenters. The van der Waals surface area contributed by atoms with Gasteiger partial charge < -0.3 is 5.32 Å². The third-order valence-electron chi connectivity index (χ3n) is 4.39. The third-order valence-corrected chi connectivity index (χ3v) is 4.39. The highest BCUT2D eigenvalue weighted by Gasteiger charge is 2.27. The van der Waals surface area contributed by atoms with Crippen molar-refractivity contribution in [2.75, 3.05) is 5.32 Å². The average Bonchev–Trinajstić information content (AvgIpc) is 3.19. The molecule has 4 rings (SSSR count). The zero-order chi connectivity index (χ0) is 17.6. The number of fused-ring (bicyclic) bond motifs is 3. The van der Waals surface area contributed by atoms with Crippen LogP contribution >= 0.6 is 0 Å². The van der Waals surface area contributed by atoms with E-state index in [1.54, 1.807) is 29.1 Å². The Balaban J connectivity index is 1.66. The molecule has 2 aromatic carbocycles. The molecular formula is C20H17N3O2. The van der Waals surface area contributed by atoms with Crippen molar-refractivity contribution in [2.45, 2.75) is 19.9 Å². The maximum atomic E-state index is 12.6. The lowest BCUT2D eigenvalue weighted by atomic mass is 10.0. The number of carbonyl (C=O) groups excluding carboxylic acids is 2. The predicted molar refractivity (Wildman–Crippen MR) is 95.9 cm³/mol. The first kappa shape index (κ1) is 15.3. The van der Waals surface area contributed by atoms with Crippen molar-refractivity contribution >= 4 is 17.5 Å². The van der Waals surface area contributed by atoms with Crippen molar-refractivity contribution in [1.82, 2.24) is 9.78 Å². The molecule has 0 fully saturated rings. The molecule has 124 valence electrons. The van der Waals surface area contributed by atoms with Crippen molar-refractivity contribution < 1.29 is 9.59 Å². The fourth-order valence-electron chi connectivity index (χ4n) is 3.18. The molecule has 0 atom stereocenters. The monoisotopic (exact) mass is 331 g/mol. The molecule has 3 aromatic rings. The van der Waals surface area contributed by atoms with Gasteiger partial charge in [-0.3, -0.25) is 9.59 Å². The largest absolute Gasteiger partial charge is 0.307 e. The van der Waals surface area contributed by atoms with Crippen LogP contribution in [-0.4, -0.2) is 21.5 Å². The van der Waals surface area contributed by atoms with Crippen LogP contribution in [0.15, 0.2) is 54.7 Å². The summed E-state index contributed by atoms with van der Waals surface area (Å²) in [5.41, 5.74) is 3.52. The summed E-state index contributed by atoms with van der Waals surface area (Å²) in [6.45, 7) is 3.99. The molecule has 1 aliphatic carbocycles. The van der Waals surface area contributed by atoms with Gasteiger partial charge in [0.2, 0.25) is 0 Å². The summed E-state index contributed by atoms with van der Waals surface area (Å²) in [6.07, 6.45) is 1.65. The maximum Gasteiger partial charge on any atom is 0.256 e. The van der Waals surface area contributed by atoms with E-state index < -0.39 is 0 Å². The number of benzene rings is 2. The number of hydrogen-bond acceptors (Lipinski definition) is 3. The van der Waals surface area contributed by atoms with Gasteiger partial charge in [0.1, 0.15) is 5.82 Å². The SMILES string of the molecule is CC(C)n1nccc1NC(=O)c1ccc2c(c1)C(=O)c1ccccc1-2. The average molecular weight is 331 g/mol. The quantitative estimate of drug-likeness (QED) is 0.619. The first-order valence-corrected chi connectivity index (χ1v) is 8.19. The molecule has 1 aromatic heterocycles. The zero-order valence-electron chi connectivity index (χ0n) is 14.0. The second kappa shape index (κ2) is 5.70. The topological polar surface area (TPSA) is 64.0 Å². The van der Waals surface area contributed by atoms with Crippen molar-refractivity contribution in [1.29, 1.82) is 0 Å². The van der Waals surface area contributed by atoms with Gasteiger partial charge in [0.05, 0.1) is 6.20 Å². The molecule has 0 radical (unpaired) electrons. The van der Waals surface area contributed by atoms with Crippen molar-refractivity contribution in [2.24, 2.45) is 0 Å². The summed E-state index contributed by atoms with van der Waals surface area (Å²) in [4.78, 5) is 25.2. The van der Waals surface area contributed by atoms with E-state index >= 15 is 0 Å². The summed E-state index contributed by atoms with van der Waals surface area (Å²) in [5, 5.41) is 7.07. The zero-order valence-corrected chi connectivity index (χ0v) is 14.0. The molecule has 0 bridgehead atoms. The highest BCUT2D eigenvalue weighted by atomic mass is 16.2. The van der Waals surface area contributed by atoms with Crippen LogP contribution in [-0.2, 0) is 0 Å². The van der Waals surface area contributed by atoms with Crippen LogP contribution in [0.3, 0.4) is 0 Å². The van der Waals surface area contributed by atoms with Crippen LogP contribution in [0.5, 0.6) is 0 Å². The standard InChI is InChI=1S/C20H17N3O2/c1-12(2)23-18(9-10-21-23)22-20(25)13-7-8-15-14-5-3-4-6-16(14)19(24)17(15)11-13/h3-12H,1-2H3,(H,22,25). The lowest BCUT2D eigenvalue weighted by molar-refractivity contribution is 0.102. The summed E-state index contributed by atoms with van der Waals surface area (Å²) in [6, 6.07) is 14.7. The van der Waals surface area contributed by atoms with E-state index in [1.165, 1.54) is 0 Å². The Morgan fingerprint density at radius 1 is 1.00 bits per heavy atom. The first-order valence-electron chi connectivity index (χ1n) is 8.19. The minimum Gasteiger partial charge on any atom is -0.307 e. The van der Waals surface area contributed by atoms with E-state index in [1.807, 2.05) is 44.2 Å². The lowest BCUT2D eigenvalue weighted by Gasteiger charge is -2.12. The predicted octanol–water partition coefficient (Wildman–Crippen LogP) is 3.93. The Hall–Kier alpha value is -3.21. The van der Waals surface area contributed by atoms with Gasteiger partial charge in [0.25, 0.3) is 5.91 Å². The molecule has 0 saturated carbocycles. The van der Waals surface area contributed by atoms with Gasteiger partial charge in [0, 0.05) is 28.8 Å². The molecule has 0 saturated heterocycles. The van der Waals surface area contributed by atoms with Gasteiger partial charge in [-0.15, -0.1) is 0 Å². The number of rotatable bonds is 3. The summed E-state index contributed by atoms with van der Waals surface area (Å²) >= 11 is 0. The fourth-order valence-corrected chi connectivity index (χ4v) is 3.18. The molecule has 5 nitrogen and oxygen atoms in total. The molecule has 1 amide bonds. The number of nitrogens with one attached hydrogen (secondary N) is 1. The number of nitrogens with zero attached hydrogens (tertiary/aromatic N) is 2. The van der Waals surface area contributed by atoms with E-state index in [0.29, 0.717) is 22.5 Å². The molecule has 0 spiro atoms. The Kier molecular flexibility index (Phi) is 3.50. The van der Waals surface area contributed by atoms with Gasteiger partial charge in [-0.1, -0.05) is 30.3 Å². The smallest absolute Gasteiger partial charge is 0.256 e. The summed E-state index contributed by atoms with van der Waals surface area (Å²) < 4.78 is 1.74. The molecule has 5 heteroatoms. The van der Waals surface area contributed by atoms with Crippen molar-refractivity contribution in [3.8, 4) is 11.1 Å². The van der Waals surface area contributed by atoms with E-state index in [2.05, 4.69) is 10.4 Å². The summed E-state index contributed by atoms with van der Waals surface area (Å²) in [7, 11) is 0. The van der Waals surface area contributed by atoms with Crippen LogP contribution in [0.25, 0.3) is 11.1 Å². The molecule has 25 heavy (non-hydrogen) atoms. The first-order chi connectivity index (χ1) is 12.1. The van der Waals surface area contributed by atoms with Gasteiger partial charge in [-0.05, 0) is 37.1 Å². The van der Waals surface area contributed by atoms with Crippen molar-refractivity contribution in [3.63, 3.8) is 0 Å². The van der Waals surface area contributed by atoms with Gasteiger partial charge in [-0.25, -0.2) is 4.68 Å². The summed E-state index contributed by atoms with van der Waals surface area (Å²) in [5.74, 6) is 0.344. The van der Waals surface area contributed by atoms with Gasteiger partial charge in [0.15, 0.2) is 5.78 Å². The molecule has 0 aliphatic heterocycles. The minimum atomic E-state index is -0.256. The highest BCUT2D eigenvalue weighted by Crippen LogP contribution is 2.36.